The molecular formula is C26H29N3. The Labute approximate surface area is 173 Å². The number of nitrogens with one attached hydrogen (secondary N) is 1. The van der Waals surface area contributed by atoms with Crippen molar-refractivity contribution < 1.29 is 0 Å². The molecule has 0 radical (unpaired) electrons. The molecule has 0 aliphatic rings. The normalized spacial score (nSPS) is 13.6. The zero-order valence-corrected chi connectivity index (χ0v) is 17.3. The van der Waals surface area contributed by atoms with Crippen LogP contribution in [0.25, 0.3) is 11.0 Å². The third kappa shape index (κ3) is 4.41. The van der Waals surface area contributed by atoms with Crippen LogP contribution in [0.3, 0.4) is 0 Å². The first kappa shape index (κ1) is 19.4. The molecule has 3 nitrogen and oxygen atoms in total. The van der Waals surface area contributed by atoms with Crippen molar-refractivity contribution in [3.8, 4) is 0 Å². The van der Waals surface area contributed by atoms with Gasteiger partial charge in [0.15, 0.2) is 0 Å². The highest BCUT2D eigenvalue weighted by atomic mass is 15.1. The van der Waals surface area contributed by atoms with E-state index in [2.05, 4.69) is 103 Å². The predicted octanol–water partition coefficient (Wildman–Crippen LogP) is 5.59. The van der Waals surface area contributed by atoms with Gasteiger partial charge >= 0.3 is 0 Å². The Morgan fingerprint density at radius 1 is 0.931 bits per heavy atom. The molecule has 1 unspecified atom stereocenters. The van der Waals surface area contributed by atoms with Crippen LogP contribution >= 0.6 is 0 Å². The van der Waals surface area contributed by atoms with E-state index < -0.39 is 0 Å². The maximum atomic E-state index is 4.71. The van der Waals surface area contributed by atoms with E-state index in [0.29, 0.717) is 0 Å². The number of nitrogens with zero attached hydrogens (tertiary/aromatic N) is 2. The number of rotatable bonds is 8. The Hall–Kier alpha value is -2.91. The van der Waals surface area contributed by atoms with Crippen molar-refractivity contribution in [1.29, 1.82) is 0 Å². The molecule has 4 aromatic rings. The van der Waals surface area contributed by atoms with Gasteiger partial charge < -0.3 is 9.88 Å². The number of hydrogen-bond acceptors (Lipinski definition) is 2. The zero-order chi connectivity index (χ0) is 20.1. The van der Waals surface area contributed by atoms with Crippen LogP contribution in [0.1, 0.15) is 30.0 Å². The topological polar surface area (TPSA) is 31.9 Å². The maximum Gasteiger partial charge on any atom is 0.137 e. The van der Waals surface area contributed by atoms with Crippen molar-refractivity contribution >= 4 is 11.0 Å². The number of likely N-dealkylation sites (N-methyl/N-ethyl adjacent to an activating group) is 1. The van der Waals surface area contributed by atoms with E-state index in [0.717, 1.165) is 31.6 Å². The number of benzene rings is 2. The molecule has 0 fully saturated rings. The maximum absolute atomic E-state index is 4.71. The first-order chi connectivity index (χ1) is 14.2. The summed E-state index contributed by atoms with van der Waals surface area (Å²) in [6.45, 7) is 4.22. The lowest BCUT2D eigenvalue weighted by Crippen LogP contribution is -2.40. The van der Waals surface area contributed by atoms with E-state index >= 15 is 0 Å². The molecule has 0 saturated heterocycles. The minimum atomic E-state index is 0.00332. The molecule has 2 aromatic heterocycles. The average molecular weight is 384 g/mol. The molecule has 0 saturated carbocycles. The Balaban J connectivity index is 1.68. The first-order valence-corrected chi connectivity index (χ1v) is 10.4. The molecule has 0 amide bonds. The van der Waals surface area contributed by atoms with Gasteiger partial charge in [-0.05, 0) is 48.7 Å². The Bertz CT molecular complexity index is 1040. The molecule has 3 heteroatoms. The molecular weight excluding hydrogens is 354 g/mol. The molecule has 2 aromatic carbocycles. The minimum Gasteiger partial charge on any atom is -0.346 e. The molecule has 148 valence electrons. The van der Waals surface area contributed by atoms with Gasteiger partial charge in [0, 0.05) is 36.3 Å². The van der Waals surface area contributed by atoms with Crippen LogP contribution in [0.4, 0.5) is 0 Å². The molecule has 1 atom stereocenters. The van der Waals surface area contributed by atoms with Gasteiger partial charge in [-0.2, -0.15) is 0 Å². The Kier molecular flexibility index (Phi) is 5.77. The SMILES string of the molecule is CCC(Cc1ccccc1)(CN(C)Cc1ccccc1)c1cnc2[nH]ccc2c1. The van der Waals surface area contributed by atoms with E-state index in [4.69, 9.17) is 4.98 Å². The summed E-state index contributed by atoms with van der Waals surface area (Å²) in [5.74, 6) is 0. The molecule has 0 aliphatic carbocycles. The molecule has 0 bridgehead atoms. The van der Waals surface area contributed by atoms with Gasteiger partial charge in [-0.25, -0.2) is 4.98 Å². The Morgan fingerprint density at radius 3 is 2.31 bits per heavy atom. The van der Waals surface area contributed by atoms with E-state index in [1.165, 1.54) is 22.1 Å². The van der Waals surface area contributed by atoms with Crippen molar-refractivity contribution in [2.75, 3.05) is 13.6 Å². The second-order valence-electron chi connectivity index (χ2n) is 8.09. The van der Waals surface area contributed by atoms with Crippen LogP contribution in [0.2, 0.25) is 0 Å². The lowest BCUT2D eigenvalue weighted by molar-refractivity contribution is 0.228. The molecule has 0 spiro atoms. The van der Waals surface area contributed by atoms with E-state index in [1.807, 2.05) is 6.20 Å². The molecule has 1 N–H and O–H groups in total. The highest BCUT2D eigenvalue weighted by Crippen LogP contribution is 2.34. The third-order valence-corrected chi connectivity index (χ3v) is 5.94. The van der Waals surface area contributed by atoms with Crippen LogP contribution in [0, 0.1) is 0 Å². The monoisotopic (exact) mass is 383 g/mol. The van der Waals surface area contributed by atoms with E-state index in [9.17, 15) is 0 Å². The first-order valence-electron chi connectivity index (χ1n) is 10.4. The number of aromatic nitrogens is 2. The van der Waals surface area contributed by atoms with Gasteiger partial charge in [-0.15, -0.1) is 0 Å². The number of fused-ring (bicyclic) bond motifs is 1. The molecule has 29 heavy (non-hydrogen) atoms. The molecule has 4 rings (SSSR count). The summed E-state index contributed by atoms with van der Waals surface area (Å²) in [7, 11) is 2.23. The van der Waals surface area contributed by atoms with Crippen LogP contribution in [0.15, 0.2) is 85.2 Å². The van der Waals surface area contributed by atoms with Gasteiger partial charge in [0.25, 0.3) is 0 Å². The van der Waals surface area contributed by atoms with Crippen molar-refractivity contribution in [3.63, 3.8) is 0 Å². The Morgan fingerprint density at radius 2 is 1.62 bits per heavy atom. The standard InChI is InChI=1S/C26H29N3/c1-3-26(17-21-10-6-4-7-11-21,20-29(2)19-22-12-8-5-9-13-22)24-16-23-14-15-27-25(23)28-18-24/h4-16,18H,3,17,19-20H2,1-2H3,(H,27,28). The van der Waals surface area contributed by atoms with Gasteiger partial charge in [0.05, 0.1) is 0 Å². The highest BCUT2D eigenvalue weighted by Gasteiger charge is 2.33. The summed E-state index contributed by atoms with van der Waals surface area (Å²) in [6.07, 6.45) is 6.09. The number of aromatic amines is 1. The number of pyridine rings is 1. The zero-order valence-electron chi connectivity index (χ0n) is 17.3. The quantitative estimate of drug-likeness (QED) is 0.430. The fourth-order valence-corrected chi connectivity index (χ4v) is 4.37. The lowest BCUT2D eigenvalue weighted by atomic mass is 9.73. The van der Waals surface area contributed by atoms with E-state index in [1.54, 1.807) is 0 Å². The molecule has 0 aliphatic heterocycles. The van der Waals surface area contributed by atoms with Crippen LogP contribution in [-0.4, -0.2) is 28.5 Å². The summed E-state index contributed by atoms with van der Waals surface area (Å²) in [5, 5.41) is 1.18. The van der Waals surface area contributed by atoms with Gasteiger partial charge in [-0.3, -0.25) is 0 Å². The summed E-state index contributed by atoms with van der Waals surface area (Å²) >= 11 is 0. The van der Waals surface area contributed by atoms with Crippen molar-refractivity contribution in [1.82, 2.24) is 14.9 Å². The third-order valence-electron chi connectivity index (χ3n) is 5.94. The van der Waals surface area contributed by atoms with Crippen molar-refractivity contribution in [2.24, 2.45) is 0 Å². The molecule has 2 heterocycles. The average Bonchev–Trinajstić information content (AvgIpc) is 3.22. The minimum absolute atomic E-state index is 0.00332. The van der Waals surface area contributed by atoms with Crippen LogP contribution < -0.4 is 0 Å². The van der Waals surface area contributed by atoms with Crippen LogP contribution in [-0.2, 0) is 18.4 Å². The predicted molar refractivity (Wildman–Crippen MR) is 121 cm³/mol. The fraction of sp³-hybridized carbons (Fsp3) is 0.269. The second-order valence-corrected chi connectivity index (χ2v) is 8.09. The van der Waals surface area contributed by atoms with Crippen LogP contribution in [0.5, 0.6) is 0 Å². The summed E-state index contributed by atoms with van der Waals surface area (Å²) in [5.41, 5.74) is 4.99. The highest BCUT2D eigenvalue weighted by molar-refractivity contribution is 5.76. The lowest BCUT2D eigenvalue weighted by Gasteiger charge is -2.37. The number of hydrogen-bond donors (Lipinski definition) is 1. The summed E-state index contributed by atoms with van der Waals surface area (Å²) < 4.78 is 0. The largest absolute Gasteiger partial charge is 0.346 e. The van der Waals surface area contributed by atoms with Gasteiger partial charge in [-0.1, -0.05) is 67.6 Å². The fourth-order valence-electron chi connectivity index (χ4n) is 4.37. The van der Waals surface area contributed by atoms with Crippen molar-refractivity contribution in [2.45, 2.75) is 31.7 Å². The van der Waals surface area contributed by atoms with Crippen molar-refractivity contribution in [3.05, 3.63) is 102 Å². The van der Waals surface area contributed by atoms with Gasteiger partial charge in [0.2, 0.25) is 0 Å². The second kappa shape index (κ2) is 8.62. The number of H-pyrrole nitrogens is 1. The van der Waals surface area contributed by atoms with E-state index in [-0.39, 0.29) is 5.41 Å². The van der Waals surface area contributed by atoms with Gasteiger partial charge in [0.1, 0.15) is 5.65 Å². The summed E-state index contributed by atoms with van der Waals surface area (Å²) in [4.78, 5) is 10.4. The summed E-state index contributed by atoms with van der Waals surface area (Å²) in [6, 6.07) is 26.0. The smallest absolute Gasteiger partial charge is 0.137 e.